The maximum absolute atomic E-state index is 11.8. The molecule has 0 aromatic carbocycles. The summed E-state index contributed by atoms with van der Waals surface area (Å²) in [5.41, 5.74) is 0. The van der Waals surface area contributed by atoms with Gasteiger partial charge < -0.3 is 9.90 Å². The van der Waals surface area contributed by atoms with Crippen LogP contribution in [0.4, 0.5) is 0 Å². The Morgan fingerprint density at radius 3 is 2.19 bits per heavy atom. The fourth-order valence-corrected chi connectivity index (χ4v) is 3.26. The van der Waals surface area contributed by atoms with Crippen molar-refractivity contribution < 1.29 is 23.0 Å². The Balaban J connectivity index is 2.64. The van der Waals surface area contributed by atoms with Gasteiger partial charge in [-0.2, -0.15) is 12.7 Å². The monoisotopic (exact) mass is 250 g/mol. The number of hydrogen-bond acceptors (Lipinski definition) is 4. The summed E-state index contributed by atoms with van der Waals surface area (Å²) in [4.78, 5) is 10.5. The van der Waals surface area contributed by atoms with Crippen molar-refractivity contribution in [3.05, 3.63) is 0 Å². The van der Waals surface area contributed by atoms with Crippen molar-refractivity contribution in [2.24, 2.45) is 0 Å². The van der Waals surface area contributed by atoms with E-state index in [9.17, 15) is 18.3 Å². The van der Waals surface area contributed by atoms with E-state index in [0.717, 1.165) is 30.4 Å². The molecule has 0 radical (unpaired) electrons. The Bertz CT molecular complexity index is 333. The van der Waals surface area contributed by atoms with Crippen LogP contribution in [0.15, 0.2) is 0 Å². The van der Waals surface area contributed by atoms with Crippen molar-refractivity contribution in [3.8, 4) is 0 Å². The summed E-state index contributed by atoms with van der Waals surface area (Å²) < 4.78 is 25.9. The van der Waals surface area contributed by atoms with Crippen LogP contribution in [0.3, 0.4) is 0 Å². The molecule has 6 nitrogen and oxygen atoms in total. The van der Waals surface area contributed by atoms with Crippen LogP contribution < -0.4 is 9.83 Å². The molecular weight excluding hydrogens is 232 g/mol. The summed E-state index contributed by atoms with van der Waals surface area (Å²) in [7, 11) is -3.56. The van der Waals surface area contributed by atoms with E-state index >= 15 is 0 Å². The number of hydrogen-bond donors (Lipinski definition) is 1. The van der Waals surface area contributed by atoms with Gasteiger partial charge in [-0.1, -0.05) is 12.8 Å². The SMILES string of the molecule is C[C@@H]([NH2+]S(=O)(=O)N1CCCCCC1)C(=O)[O-]. The Kier molecular flexibility index (Phi) is 4.69. The van der Waals surface area contributed by atoms with Crippen molar-refractivity contribution in [3.63, 3.8) is 0 Å². The van der Waals surface area contributed by atoms with Gasteiger partial charge in [0.2, 0.25) is 0 Å². The van der Waals surface area contributed by atoms with Crippen molar-refractivity contribution in [1.29, 1.82) is 0 Å². The first kappa shape index (κ1) is 13.4. The molecule has 0 aromatic rings. The number of quaternary nitrogens is 1. The summed E-state index contributed by atoms with van der Waals surface area (Å²) in [5.74, 6) is -1.36. The van der Waals surface area contributed by atoms with E-state index in [2.05, 4.69) is 0 Å². The minimum absolute atomic E-state index is 0.485. The normalized spacial score (nSPS) is 21.3. The van der Waals surface area contributed by atoms with Gasteiger partial charge in [0.1, 0.15) is 12.0 Å². The first-order valence-corrected chi connectivity index (χ1v) is 6.99. The molecule has 0 bridgehead atoms. The highest BCUT2D eigenvalue weighted by molar-refractivity contribution is 7.82. The third-order valence-electron chi connectivity index (χ3n) is 2.67. The van der Waals surface area contributed by atoms with Crippen molar-refractivity contribution >= 4 is 16.2 Å². The standard InChI is InChI=1S/C9H18N2O4S/c1-8(9(12)13)10-16(14,15)11-6-4-2-3-5-7-11/h8,10H,2-7H2,1H3,(H,12,13)/t8-/m1/s1. The smallest absolute Gasteiger partial charge is 0.369 e. The van der Waals surface area contributed by atoms with Gasteiger partial charge in [-0.3, -0.25) is 0 Å². The van der Waals surface area contributed by atoms with Crippen LogP contribution in [0, 0.1) is 0 Å². The number of carbonyl (C=O) groups is 1. The van der Waals surface area contributed by atoms with E-state index in [-0.39, 0.29) is 0 Å². The van der Waals surface area contributed by atoms with Crippen molar-refractivity contribution in [2.45, 2.75) is 38.6 Å². The minimum atomic E-state index is -3.56. The molecule has 0 aromatic heterocycles. The number of aliphatic carboxylic acids is 1. The van der Waals surface area contributed by atoms with Crippen LogP contribution in [0.5, 0.6) is 0 Å². The highest BCUT2D eigenvalue weighted by atomic mass is 32.2. The predicted octanol–water partition coefficient (Wildman–Crippen LogP) is -2.19. The molecule has 94 valence electrons. The second-order valence-corrected chi connectivity index (χ2v) is 5.92. The molecule has 1 atom stereocenters. The molecule has 0 amide bonds. The maximum atomic E-state index is 11.8. The van der Waals surface area contributed by atoms with Gasteiger partial charge in [0, 0.05) is 13.1 Å². The molecule has 1 rings (SSSR count). The van der Waals surface area contributed by atoms with Crippen LogP contribution in [-0.4, -0.2) is 37.8 Å². The molecule has 0 unspecified atom stereocenters. The van der Waals surface area contributed by atoms with Crippen molar-refractivity contribution in [1.82, 2.24) is 4.31 Å². The number of nitrogens with zero attached hydrogens (tertiary/aromatic N) is 1. The van der Waals surface area contributed by atoms with Crippen LogP contribution in [0.25, 0.3) is 0 Å². The lowest BCUT2D eigenvalue weighted by molar-refractivity contribution is -0.540. The van der Waals surface area contributed by atoms with Crippen LogP contribution in [0.2, 0.25) is 0 Å². The molecule has 1 heterocycles. The average molecular weight is 250 g/mol. The van der Waals surface area contributed by atoms with E-state index < -0.39 is 22.2 Å². The van der Waals surface area contributed by atoms with E-state index in [4.69, 9.17) is 0 Å². The predicted molar refractivity (Wildman–Crippen MR) is 55.4 cm³/mol. The first-order chi connectivity index (χ1) is 7.43. The quantitative estimate of drug-likeness (QED) is 0.613. The number of carboxylic acids is 1. The molecule has 0 aliphatic carbocycles. The molecule has 7 heteroatoms. The number of rotatable bonds is 4. The van der Waals surface area contributed by atoms with Gasteiger partial charge in [0.15, 0.2) is 0 Å². The highest BCUT2D eigenvalue weighted by Gasteiger charge is 2.28. The highest BCUT2D eigenvalue weighted by Crippen LogP contribution is 2.10. The van der Waals surface area contributed by atoms with E-state index in [0.29, 0.717) is 13.1 Å². The van der Waals surface area contributed by atoms with Gasteiger partial charge in [-0.05, 0) is 19.8 Å². The molecule has 0 saturated carbocycles. The summed E-state index contributed by atoms with van der Waals surface area (Å²) in [6.07, 6.45) is 3.74. The minimum Gasteiger partial charge on any atom is -0.544 e. The van der Waals surface area contributed by atoms with Crippen LogP contribution in [0.1, 0.15) is 32.6 Å². The Morgan fingerprint density at radius 1 is 1.25 bits per heavy atom. The van der Waals surface area contributed by atoms with E-state index in [1.165, 1.54) is 11.2 Å². The second kappa shape index (κ2) is 5.60. The summed E-state index contributed by atoms with van der Waals surface area (Å²) in [5, 5.41) is 10.5. The fourth-order valence-electron chi connectivity index (χ4n) is 1.70. The molecule has 1 saturated heterocycles. The van der Waals surface area contributed by atoms with Crippen LogP contribution in [-0.2, 0) is 15.0 Å². The zero-order valence-corrected chi connectivity index (χ0v) is 10.2. The summed E-state index contributed by atoms with van der Waals surface area (Å²) in [6.45, 7) is 2.28. The van der Waals surface area contributed by atoms with Crippen molar-refractivity contribution in [2.75, 3.05) is 13.1 Å². The van der Waals surface area contributed by atoms with Gasteiger partial charge in [-0.25, -0.2) is 4.72 Å². The number of carboxylic acid groups (broad SMARTS) is 1. The lowest BCUT2D eigenvalue weighted by atomic mass is 10.2. The topological polar surface area (TPSA) is 94.1 Å². The molecule has 2 N–H and O–H groups in total. The molecule has 1 fully saturated rings. The Morgan fingerprint density at radius 2 is 1.75 bits per heavy atom. The van der Waals surface area contributed by atoms with E-state index in [1.807, 2.05) is 0 Å². The summed E-state index contributed by atoms with van der Waals surface area (Å²) >= 11 is 0. The maximum Gasteiger partial charge on any atom is 0.369 e. The third kappa shape index (κ3) is 3.73. The molecular formula is C9H18N2O4S. The Hall–Kier alpha value is -0.660. The average Bonchev–Trinajstić information content (AvgIpc) is 2.45. The summed E-state index contributed by atoms with van der Waals surface area (Å²) in [6, 6.07) is -1.08. The van der Waals surface area contributed by atoms with E-state index in [1.54, 1.807) is 0 Å². The lowest BCUT2D eigenvalue weighted by Gasteiger charge is -2.20. The third-order valence-corrected chi connectivity index (χ3v) is 4.51. The second-order valence-electron chi connectivity index (χ2n) is 4.10. The first-order valence-electron chi connectivity index (χ1n) is 5.49. The zero-order valence-electron chi connectivity index (χ0n) is 9.39. The zero-order chi connectivity index (χ0) is 12.2. The molecule has 0 spiro atoms. The number of nitrogens with two attached hydrogens (primary N) is 1. The van der Waals surface area contributed by atoms with Gasteiger partial charge in [0.05, 0.1) is 0 Å². The fraction of sp³-hybridized carbons (Fsp3) is 0.889. The van der Waals surface area contributed by atoms with Gasteiger partial charge >= 0.3 is 10.2 Å². The van der Waals surface area contributed by atoms with Gasteiger partial charge in [-0.15, -0.1) is 0 Å². The van der Waals surface area contributed by atoms with Crippen LogP contribution >= 0.6 is 0 Å². The lowest BCUT2D eigenvalue weighted by Crippen LogP contribution is -2.96. The molecule has 1 aliphatic rings. The Labute approximate surface area is 95.8 Å². The molecule has 16 heavy (non-hydrogen) atoms. The number of carbonyl (C=O) groups excluding carboxylic acids is 1. The van der Waals surface area contributed by atoms with Gasteiger partial charge in [0.25, 0.3) is 0 Å². The largest absolute Gasteiger partial charge is 0.544 e. The molecule has 1 aliphatic heterocycles.